The number of halogens is 3. The number of ether oxygens (including phenoxy) is 3. The van der Waals surface area contributed by atoms with Crippen LogP contribution in [-0.4, -0.2) is 31.3 Å². The molecule has 0 radical (unpaired) electrons. The van der Waals surface area contributed by atoms with Crippen LogP contribution in [0.15, 0.2) is 47.0 Å². The van der Waals surface area contributed by atoms with E-state index in [9.17, 15) is 13.2 Å². The molecule has 0 spiro atoms. The van der Waals surface area contributed by atoms with Crippen LogP contribution in [0.25, 0.3) is 22.1 Å². The molecule has 0 aliphatic carbocycles. The molecule has 2 heterocycles. The van der Waals surface area contributed by atoms with Crippen LogP contribution in [0.4, 0.5) is 13.2 Å². The largest absolute Gasteiger partial charge is 0.573 e. The lowest BCUT2D eigenvalue weighted by Gasteiger charge is -2.21. The Morgan fingerprint density at radius 2 is 1.86 bits per heavy atom. The van der Waals surface area contributed by atoms with E-state index < -0.39 is 6.36 Å². The molecule has 5 nitrogen and oxygen atoms in total. The van der Waals surface area contributed by atoms with Crippen LogP contribution >= 0.6 is 0 Å². The maximum atomic E-state index is 12.3. The smallest absolute Gasteiger partial charge is 0.475 e. The topological polar surface area (TPSA) is 53.7 Å². The van der Waals surface area contributed by atoms with Gasteiger partial charge in [-0.1, -0.05) is 18.2 Å². The molecular formula is C20H18F3NO4. The van der Waals surface area contributed by atoms with Crippen molar-refractivity contribution < 1.29 is 31.9 Å². The van der Waals surface area contributed by atoms with Gasteiger partial charge in [-0.3, -0.25) is 0 Å². The average molecular weight is 393 g/mol. The summed E-state index contributed by atoms with van der Waals surface area (Å²) in [6.45, 7) is 1.96. The number of aromatic nitrogens is 1. The molecule has 3 aromatic rings. The Hall–Kier alpha value is -2.74. The number of benzene rings is 2. The van der Waals surface area contributed by atoms with E-state index in [0.717, 1.165) is 30.6 Å². The second-order valence-electron chi connectivity index (χ2n) is 6.67. The number of hydrogen-bond acceptors (Lipinski definition) is 5. The highest BCUT2D eigenvalue weighted by molar-refractivity contribution is 5.87. The van der Waals surface area contributed by atoms with Crippen molar-refractivity contribution in [3.8, 4) is 22.8 Å². The number of rotatable bonds is 5. The second-order valence-corrected chi connectivity index (χ2v) is 6.67. The Morgan fingerprint density at radius 1 is 1.07 bits per heavy atom. The minimum atomic E-state index is -4.71. The summed E-state index contributed by atoms with van der Waals surface area (Å²) in [6, 6.07) is 11.1. The summed E-state index contributed by atoms with van der Waals surface area (Å²) in [5.74, 6) is 0.463. The first-order valence-electron chi connectivity index (χ1n) is 8.94. The minimum absolute atomic E-state index is 0.263. The Kier molecular flexibility index (Phi) is 5.13. The highest BCUT2D eigenvalue weighted by Crippen LogP contribution is 2.32. The summed E-state index contributed by atoms with van der Waals surface area (Å²) in [7, 11) is 0. The predicted octanol–water partition coefficient (Wildman–Crippen LogP) is 5.20. The first-order chi connectivity index (χ1) is 13.5. The van der Waals surface area contributed by atoms with Crippen LogP contribution in [0.2, 0.25) is 0 Å². The van der Waals surface area contributed by atoms with Crippen LogP contribution in [0, 0.1) is 5.92 Å². The van der Waals surface area contributed by atoms with Crippen molar-refractivity contribution in [2.45, 2.75) is 19.2 Å². The summed E-state index contributed by atoms with van der Waals surface area (Å²) in [4.78, 5) is 0. The fourth-order valence-electron chi connectivity index (χ4n) is 3.18. The van der Waals surface area contributed by atoms with Crippen molar-refractivity contribution in [3.63, 3.8) is 0 Å². The van der Waals surface area contributed by atoms with Crippen molar-refractivity contribution in [2.24, 2.45) is 5.92 Å². The van der Waals surface area contributed by atoms with Gasteiger partial charge in [0.2, 0.25) is 0 Å². The van der Waals surface area contributed by atoms with Crippen LogP contribution in [0.3, 0.4) is 0 Å². The van der Waals surface area contributed by atoms with E-state index in [1.54, 1.807) is 18.2 Å². The normalized spacial score (nSPS) is 17.6. The molecule has 1 atom stereocenters. The summed E-state index contributed by atoms with van der Waals surface area (Å²) in [5, 5.41) is 4.70. The third kappa shape index (κ3) is 4.39. The highest BCUT2D eigenvalue weighted by Gasteiger charge is 2.31. The van der Waals surface area contributed by atoms with Gasteiger partial charge in [-0.25, -0.2) is 0 Å². The third-order valence-corrected chi connectivity index (χ3v) is 4.57. The number of hydrogen-bond donors (Lipinski definition) is 0. The van der Waals surface area contributed by atoms with Gasteiger partial charge in [-0.2, -0.15) is 0 Å². The Labute approximate surface area is 159 Å². The molecule has 1 saturated heterocycles. The van der Waals surface area contributed by atoms with Gasteiger partial charge in [-0.05, 0) is 53.4 Å². The zero-order chi connectivity index (χ0) is 19.6. The molecule has 1 aromatic heterocycles. The number of alkyl halides is 3. The fraction of sp³-hybridized carbons (Fsp3) is 0.350. The Morgan fingerprint density at radius 3 is 2.57 bits per heavy atom. The van der Waals surface area contributed by atoms with Crippen molar-refractivity contribution >= 4 is 11.0 Å². The molecule has 0 N–H and O–H groups in total. The maximum Gasteiger partial charge on any atom is 0.573 e. The molecule has 1 unspecified atom stereocenters. The molecule has 1 aliphatic heterocycles. The molecule has 0 bridgehead atoms. The average Bonchev–Trinajstić information content (AvgIpc) is 3.09. The number of nitrogens with zero attached hydrogens (tertiary/aromatic N) is 1. The van der Waals surface area contributed by atoms with E-state index in [0.29, 0.717) is 36.0 Å². The van der Waals surface area contributed by atoms with Crippen LogP contribution in [0.5, 0.6) is 11.6 Å². The van der Waals surface area contributed by atoms with Gasteiger partial charge in [-0.15, -0.1) is 13.2 Å². The Bertz CT molecular complexity index is 931. The molecular weight excluding hydrogens is 375 g/mol. The lowest BCUT2D eigenvalue weighted by molar-refractivity contribution is -0.274. The molecule has 1 aliphatic rings. The first-order valence-corrected chi connectivity index (χ1v) is 8.94. The van der Waals surface area contributed by atoms with E-state index in [-0.39, 0.29) is 5.75 Å². The molecule has 2 aromatic carbocycles. The molecule has 28 heavy (non-hydrogen) atoms. The quantitative estimate of drug-likeness (QED) is 0.596. The molecule has 8 heteroatoms. The molecule has 148 valence electrons. The van der Waals surface area contributed by atoms with Gasteiger partial charge < -0.3 is 18.7 Å². The maximum absolute atomic E-state index is 12.3. The lowest BCUT2D eigenvalue weighted by Crippen LogP contribution is -2.23. The second kappa shape index (κ2) is 7.71. The summed E-state index contributed by atoms with van der Waals surface area (Å²) in [6.07, 6.45) is -2.64. The molecule has 0 saturated carbocycles. The van der Waals surface area contributed by atoms with Gasteiger partial charge >= 0.3 is 6.36 Å². The van der Waals surface area contributed by atoms with Crippen molar-refractivity contribution in [3.05, 3.63) is 42.5 Å². The lowest BCUT2D eigenvalue weighted by atomic mass is 10.0. The van der Waals surface area contributed by atoms with E-state index in [1.807, 2.05) is 12.1 Å². The minimum Gasteiger partial charge on any atom is -0.475 e. The van der Waals surface area contributed by atoms with Crippen LogP contribution in [-0.2, 0) is 4.74 Å². The van der Waals surface area contributed by atoms with E-state index in [4.69, 9.17) is 14.0 Å². The third-order valence-electron chi connectivity index (χ3n) is 4.57. The van der Waals surface area contributed by atoms with Crippen molar-refractivity contribution in [2.75, 3.05) is 19.8 Å². The van der Waals surface area contributed by atoms with E-state index in [1.165, 1.54) is 12.1 Å². The SMILES string of the molecule is FC(F)(F)Oc1ccc(-c2ccc3onc(OCC4CCCOC4)c3c2)cc1. The van der Waals surface area contributed by atoms with E-state index >= 15 is 0 Å². The van der Waals surface area contributed by atoms with Crippen molar-refractivity contribution in [1.29, 1.82) is 0 Å². The van der Waals surface area contributed by atoms with Gasteiger partial charge in [0.25, 0.3) is 5.88 Å². The number of fused-ring (bicyclic) bond motifs is 1. The highest BCUT2D eigenvalue weighted by atomic mass is 19.4. The Balaban J connectivity index is 1.52. The van der Waals surface area contributed by atoms with Gasteiger partial charge in [0.1, 0.15) is 5.75 Å². The fourth-order valence-corrected chi connectivity index (χ4v) is 3.18. The predicted molar refractivity (Wildman–Crippen MR) is 95.2 cm³/mol. The summed E-state index contributed by atoms with van der Waals surface area (Å²) < 4.78 is 57.4. The van der Waals surface area contributed by atoms with E-state index in [2.05, 4.69) is 9.89 Å². The van der Waals surface area contributed by atoms with Gasteiger partial charge in [0.05, 0.1) is 18.6 Å². The van der Waals surface area contributed by atoms with Crippen LogP contribution in [0.1, 0.15) is 12.8 Å². The van der Waals surface area contributed by atoms with Crippen molar-refractivity contribution in [1.82, 2.24) is 5.16 Å². The monoisotopic (exact) mass is 393 g/mol. The summed E-state index contributed by atoms with van der Waals surface area (Å²) >= 11 is 0. The zero-order valence-electron chi connectivity index (χ0n) is 14.9. The first kappa shape index (κ1) is 18.6. The van der Waals surface area contributed by atoms with Crippen LogP contribution < -0.4 is 9.47 Å². The molecule has 1 fully saturated rings. The molecule has 0 amide bonds. The zero-order valence-corrected chi connectivity index (χ0v) is 14.9. The summed E-state index contributed by atoms with van der Waals surface area (Å²) in [5.41, 5.74) is 2.13. The molecule has 4 rings (SSSR count). The van der Waals surface area contributed by atoms with Gasteiger partial charge in [0.15, 0.2) is 5.58 Å². The standard InChI is InChI=1S/C20H18F3NO4/c21-20(22,23)27-16-6-3-14(4-7-16)15-5-8-18-17(10-15)19(24-28-18)26-12-13-2-1-9-25-11-13/h3-8,10,13H,1-2,9,11-12H2. The van der Waals surface area contributed by atoms with Gasteiger partial charge in [0, 0.05) is 12.5 Å².